The van der Waals surface area contributed by atoms with E-state index in [2.05, 4.69) is 5.32 Å². The van der Waals surface area contributed by atoms with E-state index in [1.165, 1.54) is 4.31 Å². The van der Waals surface area contributed by atoms with Gasteiger partial charge in [0.05, 0.1) is 24.7 Å². The minimum atomic E-state index is -3.63. The summed E-state index contributed by atoms with van der Waals surface area (Å²) in [6.45, 7) is 3.88. The fraction of sp³-hybridized carbons (Fsp3) is 0.409. The fourth-order valence-corrected chi connectivity index (χ4v) is 4.99. The van der Waals surface area contributed by atoms with Gasteiger partial charge in [-0.3, -0.25) is 4.79 Å². The lowest BCUT2D eigenvalue weighted by molar-refractivity contribution is -0.121. The molecule has 0 saturated carbocycles. The van der Waals surface area contributed by atoms with Crippen molar-refractivity contribution in [2.45, 2.75) is 31.2 Å². The van der Waals surface area contributed by atoms with Crippen molar-refractivity contribution in [1.29, 1.82) is 0 Å². The van der Waals surface area contributed by atoms with Gasteiger partial charge in [0, 0.05) is 31.1 Å². The summed E-state index contributed by atoms with van der Waals surface area (Å²) in [4.78, 5) is 12.4. The normalized spacial score (nSPS) is 14.9. The van der Waals surface area contributed by atoms with E-state index in [1.54, 1.807) is 36.4 Å². The molecular weight excluding hydrogens is 440 g/mol. The number of nitrogens with one attached hydrogen (secondary N) is 1. The van der Waals surface area contributed by atoms with Crippen LogP contribution in [0.4, 0.5) is 0 Å². The molecule has 1 heterocycles. The third-order valence-corrected chi connectivity index (χ3v) is 7.41. The Labute approximate surface area is 188 Å². The molecule has 1 saturated heterocycles. The summed E-state index contributed by atoms with van der Waals surface area (Å²) in [5.41, 5.74) is 1.50. The molecule has 9 heteroatoms. The zero-order valence-electron chi connectivity index (χ0n) is 17.5. The number of hydrogen-bond donors (Lipinski definition) is 1. The summed E-state index contributed by atoms with van der Waals surface area (Å²) in [7, 11) is -3.63. The monoisotopic (exact) mass is 466 g/mol. The number of sulfonamides is 1. The van der Waals surface area contributed by atoms with Gasteiger partial charge in [0.15, 0.2) is 0 Å². The largest absolute Gasteiger partial charge is 0.494 e. The molecule has 0 unspecified atom stereocenters. The van der Waals surface area contributed by atoms with Gasteiger partial charge in [-0.15, -0.1) is 0 Å². The molecule has 1 aliphatic heterocycles. The molecule has 0 aliphatic carbocycles. The summed E-state index contributed by atoms with van der Waals surface area (Å²) in [6, 6.07) is 12.2. The van der Waals surface area contributed by atoms with E-state index in [9.17, 15) is 13.2 Å². The van der Waals surface area contributed by atoms with Gasteiger partial charge in [0.1, 0.15) is 5.75 Å². The van der Waals surface area contributed by atoms with E-state index in [0.29, 0.717) is 55.7 Å². The van der Waals surface area contributed by atoms with Crippen LogP contribution in [-0.2, 0) is 26.1 Å². The van der Waals surface area contributed by atoms with Crippen molar-refractivity contribution < 1.29 is 22.7 Å². The lowest BCUT2D eigenvalue weighted by atomic mass is 10.2. The molecule has 0 spiro atoms. The van der Waals surface area contributed by atoms with Crippen LogP contribution >= 0.6 is 11.6 Å². The molecule has 7 nitrogen and oxygen atoms in total. The highest BCUT2D eigenvalue weighted by Gasteiger charge is 2.28. The minimum Gasteiger partial charge on any atom is -0.494 e. The number of benzene rings is 2. The second-order valence-corrected chi connectivity index (χ2v) is 9.58. The Bertz CT molecular complexity index is 1010. The molecule has 1 aliphatic rings. The number of aryl methyl sites for hydroxylation is 1. The van der Waals surface area contributed by atoms with Gasteiger partial charge in [-0.1, -0.05) is 29.8 Å². The van der Waals surface area contributed by atoms with E-state index >= 15 is 0 Å². The Balaban J connectivity index is 1.49. The van der Waals surface area contributed by atoms with Gasteiger partial charge in [-0.2, -0.15) is 4.31 Å². The first-order valence-corrected chi connectivity index (χ1v) is 12.0. The minimum absolute atomic E-state index is 0.149. The van der Waals surface area contributed by atoms with Crippen molar-refractivity contribution in [2.24, 2.45) is 0 Å². The standard InChI is InChI=1S/C22H27ClN2O5S/c1-17-15-19(8-9-20(17)23)30-12-4-7-22(26)24-16-18-5-2-3-6-21(18)31(27,28)25-10-13-29-14-11-25/h2-3,5-6,8-9,15H,4,7,10-14,16H2,1H3,(H,24,26). The molecule has 2 aromatic carbocycles. The molecule has 0 atom stereocenters. The Morgan fingerprint density at radius 1 is 1.19 bits per heavy atom. The van der Waals surface area contributed by atoms with Crippen LogP contribution in [0.2, 0.25) is 5.02 Å². The predicted molar refractivity (Wildman–Crippen MR) is 119 cm³/mol. The van der Waals surface area contributed by atoms with Crippen LogP contribution in [0.25, 0.3) is 0 Å². The summed E-state index contributed by atoms with van der Waals surface area (Å²) in [5.74, 6) is 0.555. The van der Waals surface area contributed by atoms with E-state index in [-0.39, 0.29) is 23.8 Å². The molecule has 1 amide bonds. The summed E-state index contributed by atoms with van der Waals surface area (Å²) in [6.07, 6.45) is 0.826. The summed E-state index contributed by atoms with van der Waals surface area (Å²) < 4.78 is 38.3. The smallest absolute Gasteiger partial charge is 0.243 e. The van der Waals surface area contributed by atoms with E-state index in [4.69, 9.17) is 21.1 Å². The van der Waals surface area contributed by atoms with E-state index in [1.807, 2.05) is 13.0 Å². The van der Waals surface area contributed by atoms with Gasteiger partial charge in [-0.25, -0.2) is 8.42 Å². The zero-order valence-corrected chi connectivity index (χ0v) is 19.0. The first-order chi connectivity index (χ1) is 14.9. The molecule has 31 heavy (non-hydrogen) atoms. The van der Waals surface area contributed by atoms with Crippen molar-refractivity contribution in [3.63, 3.8) is 0 Å². The van der Waals surface area contributed by atoms with Crippen molar-refractivity contribution in [3.05, 3.63) is 58.6 Å². The molecular formula is C22H27ClN2O5S. The maximum Gasteiger partial charge on any atom is 0.243 e. The van der Waals surface area contributed by atoms with Crippen molar-refractivity contribution in [1.82, 2.24) is 9.62 Å². The fourth-order valence-electron chi connectivity index (χ4n) is 3.24. The van der Waals surface area contributed by atoms with Crippen LogP contribution in [0.1, 0.15) is 24.0 Å². The molecule has 0 radical (unpaired) electrons. The summed E-state index contributed by atoms with van der Waals surface area (Å²) in [5, 5.41) is 3.49. The second-order valence-electron chi connectivity index (χ2n) is 7.26. The van der Waals surface area contributed by atoms with Crippen LogP contribution < -0.4 is 10.1 Å². The predicted octanol–water partition coefficient (Wildman–Crippen LogP) is 3.14. The number of hydrogen-bond acceptors (Lipinski definition) is 5. The Morgan fingerprint density at radius 3 is 2.68 bits per heavy atom. The van der Waals surface area contributed by atoms with E-state index in [0.717, 1.165) is 5.56 Å². The van der Waals surface area contributed by atoms with Gasteiger partial charge >= 0.3 is 0 Å². The molecule has 1 fully saturated rings. The molecule has 1 N–H and O–H groups in total. The first kappa shape index (κ1) is 23.5. The quantitative estimate of drug-likeness (QED) is 0.574. The number of rotatable bonds is 9. The molecule has 0 bridgehead atoms. The van der Waals surface area contributed by atoms with Crippen molar-refractivity contribution in [3.8, 4) is 5.75 Å². The molecule has 2 aromatic rings. The lowest BCUT2D eigenvalue weighted by Gasteiger charge is -2.27. The summed E-state index contributed by atoms with van der Waals surface area (Å²) >= 11 is 6.00. The first-order valence-electron chi connectivity index (χ1n) is 10.2. The van der Waals surface area contributed by atoms with Crippen LogP contribution in [0.3, 0.4) is 0 Å². The number of halogens is 1. The van der Waals surface area contributed by atoms with Gasteiger partial charge in [0.2, 0.25) is 15.9 Å². The second kappa shape index (κ2) is 10.9. The highest BCUT2D eigenvalue weighted by molar-refractivity contribution is 7.89. The maximum absolute atomic E-state index is 13.0. The third-order valence-electron chi connectivity index (χ3n) is 4.98. The van der Waals surface area contributed by atoms with Crippen LogP contribution in [0, 0.1) is 6.92 Å². The van der Waals surface area contributed by atoms with Gasteiger partial charge < -0.3 is 14.8 Å². The van der Waals surface area contributed by atoms with Crippen molar-refractivity contribution >= 4 is 27.5 Å². The van der Waals surface area contributed by atoms with Crippen LogP contribution in [-0.4, -0.2) is 51.5 Å². The Kier molecular flexibility index (Phi) is 8.31. The molecule has 3 rings (SSSR count). The van der Waals surface area contributed by atoms with Gasteiger partial charge in [0.25, 0.3) is 0 Å². The van der Waals surface area contributed by atoms with Gasteiger partial charge in [-0.05, 0) is 48.7 Å². The third kappa shape index (κ3) is 6.43. The number of morpholine rings is 1. The Morgan fingerprint density at radius 2 is 1.94 bits per heavy atom. The van der Waals surface area contributed by atoms with Crippen molar-refractivity contribution in [2.75, 3.05) is 32.9 Å². The average molecular weight is 467 g/mol. The topological polar surface area (TPSA) is 84.9 Å². The molecule has 168 valence electrons. The number of carbonyl (C=O) groups excluding carboxylic acids is 1. The maximum atomic E-state index is 13.0. The highest BCUT2D eigenvalue weighted by atomic mass is 35.5. The average Bonchev–Trinajstić information content (AvgIpc) is 2.78. The van der Waals surface area contributed by atoms with E-state index < -0.39 is 10.0 Å². The van der Waals surface area contributed by atoms with Crippen LogP contribution in [0.15, 0.2) is 47.4 Å². The zero-order chi connectivity index (χ0) is 22.3. The number of ether oxygens (including phenoxy) is 2. The lowest BCUT2D eigenvalue weighted by Crippen LogP contribution is -2.41. The Hall–Kier alpha value is -2.13. The number of carbonyl (C=O) groups is 1. The SMILES string of the molecule is Cc1cc(OCCCC(=O)NCc2ccccc2S(=O)(=O)N2CCOCC2)ccc1Cl. The molecule has 0 aromatic heterocycles. The van der Waals surface area contributed by atoms with Crippen LogP contribution in [0.5, 0.6) is 5.75 Å². The highest BCUT2D eigenvalue weighted by Crippen LogP contribution is 2.22. The number of amides is 1. The number of nitrogens with zero attached hydrogens (tertiary/aromatic N) is 1.